The van der Waals surface area contributed by atoms with E-state index in [4.69, 9.17) is 44.3 Å². The number of rotatable bonds is 9. The second-order valence-corrected chi connectivity index (χ2v) is 7.05. The molecule has 0 heterocycles. The van der Waals surface area contributed by atoms with E-state index in [1.165, 1.54) is 0 Å². The first-order chi connectivity index (χ1) is 12.5. The Morgan fingerprint density at radius 2 is 1.88 bits per heavy atom. The zero-order chi connectivity index (χ0) is 19.1. The fraction of sp³-hybridized carbons (Fsp3) is 0.368. The third-order valence-corrected chi connectivity index (χ3v) is 4.85. The van der Waals surface area contributed by atoms with Crippen LogP contribution in [-0.4, -0.2) is 24.9 Å². The minimum atomic E-state index is 0.0442. The summed E-state index contributed by atoms with van der Waals surface area (Å²) in [5.74, 6) is 0.995. The molecule has 0 saturated heterocycles. The van der Waals surface area contributed by atoms with Crippen LogP contribution < -0.4 is 14.8 Å². The Morgan fingerprint density at radius 1 is 1.12 bits per heavy atom. The summed E-state index contributed by atoms with van der Waals surface area (Å²) in [6.45, 7) is 2.91. The van der Waals surface area contributed by atoms with Crippen molar-refractivity contribution in [1.82, 2.24) is 5.32 Å². The maximum Gasteiger partial charge on any atom is 0.180 e. The Kier molecular flexibility index (Phi) is 8.32. The predicted octanol–water partition coefficient (Wildman–Crippen LogP) is 5.09. The Morgan fingerprint density at radius 3 is 2.50 bits per heavy atom. The van der Waals surface area contributed by atoms with E-state index >= 15 is 0 Å². The first-order valence-electron chi connectivity index (χ1n) is 8.25. The average Bonchev–Trinajstić information content (AvgIpc) is 2.62. The van der Waals surface area contributed by atoms with Crippen molar-refractivity contribution in [1.29, 1.82) is 0 Å². The molecule has 2 aromatic rings. The van der Waals surface area contributed by atoms with Gasteiger partial charge in [0.2, 0.25) is 0 Å². The molecule has 0 radical (unpaired) electrons. The highest BCUT2D eigenvalue weighted by Crippen LogP contribution is 2.37. The van der Waals surface area contributed by atoms with E-state index in [2.05, 4.69) is 5.32 Å². The number of methoxy groups -OCH3 is 1. The Balaban J connectivity index is 2.13. The maximum atomic E-state index is 9.27. The van der Waals surface area contributed by atoms with Crippen LogP contribution in [-0.2, 0) is 13.2 Å². The van der Waals surface area contributed by atoms with E-state index in [1.807, 2.05) is 25.1 Å². The molecule has 26 heavy (non-hydrogen) atoms. The minimum absolute atomic E-state index is 0.0442. The van der Waals surface area contributed by atoms with Crippen LogP contribution in [0.2, 0.25) is 15.1 Å². The summed E-state index contributed by atoms with van der Waals surface area (Å²) in [6.07, 6.45) is 0.838. The van der Waals surface area contributed by atoms with Gasteiger partial charge in [-0.3, -0.25) is 0 Å². The van der Waals surface area contributed by atoms with Crippen molar-refractivity contribution < 1.29 is 14.6 Å². The smallest absolute Gasteiger partial charge is 0.180 e. The third kappa shape index (κ3) is 5.66. The summed E-state index contributed by atoms with van der Waals surface area (Å²) >= 11 is 18.5. The van der Waals surface area contributed by atoms with Crippen LogP contribution in [0.3, 0.4) is 0 Å². The van der Waals surface area contributed by atoms with E-state index in [1.54, 1.807) is 19.2 Å². The zero-order valence-electron chi connectivity index (χ0n) is 14.7. The van der Waals surface area contributed by atoms with Crippen molar-refractivity contribution >= 4 is 34.8 Å². The fourth-order valence-corrected chi connectivity index (χ4v) is 3.16. The second-order valence-electron chi connectivity index (χ2n) is 5.80. The summed E-state index contributed by atoms with van der Waals surface area (Å²) in [7, 11) is 1.56. The van der Waals surface area contributed by atoms with Gasteiger partial charge in [-0.15, -0.1) is 0 Å². The van der Waals surface area contributed by atoms with Gasteiger partial charge in [-0.25, -0.2) is 0 Å². The lowest BCUT2D eigenvalue weighted by atomic mass is 10.1. The van der Waals surface area contributed by atoms with Crippen LogP contribution in [0.1, 0.15) is 24.5 Å². The average molecular weight is 419 g/mol. The molecule has 0 aliphatic carbocycles. The number of halogens is 3. The molecule has 142 valence electrons. The molecule has 0 amide bonds. The molecule has 0 fully saturated rings. The molecule has 0 saturated carbocycles. The van der Waals surface area contributed by atoms with Crippen molar-refractivity contribution in [3.8, 4) is 11.5 Å². The molecule has 2 rings (SSSR count). The number of hydrogen-bond donors (Lipinski definition) is 2. The monoisotopic (exact) mass is 417 g/mol. The second kappa shape index (κ2) is 10.2. The summed E-state index contributed by atoms with van der Waals surface area (Å²) < 4.78 is 11.3. The van der Waals surface area contributed by atoms with Crippen LogP contribution >= 0.6 is 34.8 Å². The lowest BCUT2D eigenvalue weighted by Crippen LogP contribution is -2.31. The molecule has 0 bridgehead atoms. The Hall–Kier alpha value is -1.17. The molecule has 2 N–H and O–H groups in total. The maximum absolute atomic E-state index is 9.27. The summed E-state index contributed by atoms with van der Waals surface area (Å²) in [4.78, 5) is 0. The summed E-state index contributed by atoms with van der Waals surface area (Å²) in [5.41, 5.74) is 1.74. The number of nitrogens with one attached hydrogen (secondary N) is 1. The first kappa shape index (κ1) is 21.1. The SMILES string of the molecule is CC[C@@H](CO)NCc1cc(Cl)c(OCc2ccc(Cl)cc2Cl)c(OC)c1. The minimum Gasteiger partial charge on any atom is -0.493 e. The van der Waals surface area contributed by atoms with Gasteiger partial charge in [-0.05, 0) is 36.2 Å². The van der Waals surface area contributed by atoms with E-state index in [-0.39, 0.29) is 19.3 Å². The van der Waals surface area contributed by atoms with E-state index in [0.717, 1.165) is 17.5 Å². The van der Waals surface area contributed by atoms with Gasteiger partial charge in [0, 0.05) is 28.2 Å². The van der Waals surface area contributed by atoms with Crippen molar-refractivity contribution in [2.24, 2.45) is 0 Å². The molecule has 2 aromatic carbocycles. The lowest BCUT2D eigenvalue weighted by molar-refractivity contribution is 0.238. The number of benzene rings is 2. The van der Waals surface area contributed by atoms with E-state index in [0.29, 0.717) is 33.1 Å². The molecule has 0 aliphatic rings. The van der Waals surface area contributed by atoms with Crippen molar-refractivity contribution in [2.75, 3.05) is 13.7 Å². The molecule has 0 unspecified atom stereocenters. The molecule has 0 aromatic heterocycles. The van der Waals surface area contributed by atoms with Gasteiger partial charge in [0.1, 0.15) is 6.61 Å². The van der Waals surface area contributed by atoms with E-state index in [9.17, 15) is 5.11 Å². The van der Waals surface area contributed by atoms with Gasteiger partial charge >= 0.3 is 0 Å². The number of aliphatic hydroxyl groups excluding tert-OH is 1. The Labute approximate surface area is 169 Å². The van der Waals surface area contributed by atoms with Gasteiger partial charge in [-0.2, -0.15) is 0 Å². The highest BCUT2D eigenvalue weighted by molar-refractivity contribution is 6.35. The van der Waals surface area contributed by atoms with Crippen molar-refractivity contribution in [2.45, 2.75) is 32.5 Å². The lowest BCUT2D eigenvalue weighted by Gasteiger charge is -2.17. The fourth-order valence-electron chi connectivity index (χ4n) is 2.40. The normalized spacial score (nSPS) is 12.1. The summed E-state index contributed by atoms with van der Waals surface area (Å²) in [6, 6.07) is 8.96. The van der Waals surface area contributed by atoms with Gasteiger partial charge < -0.3 is 19.9 Å². The highest BCUT2D eigenvalue weighted by atomic mass is 35.5. The topological polar surface area (TPSA) is 50.7 Å². The predicted molar refractivity (Wildman–Crippen MR) is 107 cm³/mol. The van der Waals surface area contributed by atoms with Gasteiger partial charge in [0.05, 0.1) is 18.7 Å². The standard InChI is InChI=1S/C19H22Cl3NO3/c1-3-15(10-24)23-9-12-6-17(22)19(18(7-12)25-2)26-11-13-4-5-14(20)8-16(13)21/h4-8,15,23-24H,3,9-11H2,1-2H3/t15-/m0/s1. The van der Waals surface area contributed by atoms with Crippen LogP contribution in [0.25, 0.3) is 0 Å². The summed E-state index contributed by atoms with van der Waals surface area (Å²) in [5, 5.41) is 14.1. The van der Waals surface area contributed by atoms with Crippen LogP contribution in [0.4, 0.5) is 0 Å². The Bertz CT molecular complexity index is 736. The molecule has 7 heteroatoms. The number of hydrogen-bond acceptors (Lipinski definition) is 4. The van der Waals surface area contributed by atoms with E-state index < -0.39 is 0 Å². The molecule has 1 atom stereocenters. The quantitative estimate of drug-likeness (QED) is 0.595. The van der Waals surface area contributed by atoms with Crippen LogP contribution in [0.15, 0.2) is 30.3 Å². The number of ether oxygens (including phenoxy) is 2. The highest BCUT2D eigenvalue weighted by Gasteiger charge is 2.14. The van der Waals surface area contributed by atoms with Crippen LogP contribution in [0.5, 0.6) is 11.5 Å². The van der Waals surface area contributed by atoms with Gasteiger partial charge in [0.15, 0.2) is 11.5 Å². The molecular weight excluding hydrogens is 397 g/mol. The van der Waals surface area contributed by atoms with Gasteiger partial charge in [0.25, 0.3) is 0 Å². The zero-order valence-corrected chi connectivity index (χ0v) is 17.0. The number of aliphatic hydroxyl groups is 1. The largest absolute Gasteiger partial charge is 0.493 e. The van der Waals surface area contributed by atoms with Crippen molar-refractivity contribution in [3.63, 3.8) is 0 Å². The van der Waals surface area contributed by atoms with Crippen molar-refractivity contribution in [3.05, 3.63) is 56.5 Å². The molecular formula is C19H22Cl3NO3. The molecule has 0 aliphatic heterocycles. The molecule has 4 nitrogen and oxygen atoms in total. The third-order valence-electron chi connectivity index (χ3n) is 3.98. The first-order valence-corrected chi connectivity index (χ1v) is 9.39. The van der Waals surface area contributed by atoms with Crippen LogP contribution in [0, 0.1) is 0 Å². The molecule has 0 spiro atoms. The van der Waals surface area contributed by atoms with Gasteiger partial charge in [-0.1, -0.05) is 47.8 Å².